The highest BCUT2D eigenvalue weighted by atomic mass is 32.2. The number of phenols is 1. The molecule has 4 atom stereocenters. The van der Waals surface area contributed by atoms with Crippen LogP contribution in [0.3, 0.4) is 0 Å². The molecule has 2 fully saturated rings. The molecule has 2 saturated carbocycles. The first kappa shape index (κ1) is 78.1. The molecule has 4 unspecified atom stereocenters. The Kier molecular flexibility index (Phi) is 51.1. The molecule has 0 bridgehead atoms. The van der Waals surface area contributed by atoms with Crippen LogP contribution in [0.25, 0.3) is 16.3 Å². The van der Waals surface area contributed by atoms with Crippen LogP contribution in [0.5, 0.6) is 11.5 Å². The number of carbonyl (C=O) groups excluding carboxylic acids is 3. The molecule has 2 aromatic carbocycles. The van der Waals surface area contributed by atoms with Crippen LogP contribution in [0.15, 0.2) is 72.0 Å². The maximum atomic E-state index is 11.4. The summed E-state index contributed by atoms with van der Waals surface area (Å²) in [6, 6.07) is 9.75. The predicted octanol–water partition coefficient (Wildman–Crippen LogP) is 21.3. The summed E-state index contributed by atoms with van der Waals surface area (Å²) < 4.78 is 10.4. The molecule has 2 aliphatic carbocycles. The summed E-state index contributed by atoms with van der Waals surface area (Å²) in [4.78, 5) is 45.2. The molecule has 0 spiro atoms. The van der Waals surface area contributed by atoms with Crippen molar-refractivity contribution in [3.63, 3.8) is 0 Å². The maximum absolute atomic E-state index is 11.4. The van der Waals surface area contributed by atoms with Gasteiger partial charge in [-0.2, -0.15) is 0 Å². The van der Waals surface area contributed by atoms with E-state index in [1.807, 2.05) is 51.1 Å². The topological polar surface area (TPSA) is 127 Å². The van der Waals surface area contributed by atoms with E-state index in [0.717, 1.165) is 130 Å². The molecular weight excluding hydrogens is 989 g/mol. The number of ether oxygens (including phenoxy) is 2. The van der Waals surface area contributed by atoms with Gasteiger partial charge in [-0.05, 0) is 164 Å². The lowest BCUT2D eigenvalue weighted by molar-refractivity contribution is -0.148. The number of ketones is 2. The number of hydrogen-bond acceptors (Lipinski definition) is 8. The summed E-state index contributed by atoms with van der Waals surface area (Å²) >= 11 is 1.72. The highest BCUT2D eigenvalue weighted by Crippen LogP contribution is 2.40. The number of methoxy groups -OCH3 is 1. The van der Waals surface area contributed by atoms with Crippen LogP contribution in [0.2, 0.25) is 0 Å². The Hall–Kier alpha value is -4.11. The summed E-state index contributed by atoms with van der Waals surface area (Å²) in [5.74, 6) is 3.78. The number of allylic oxidation sites excluding steroid dienone is 5. The van der Waals surface area contributed by atoms with Gasteiger partial charge in [-0.1, -0.05) is 174 Å². The first-order valence-corrected chi connectivity index (χ1v) is 31.5. The molecule has 0 aliphatic heterocycles. The number of carboxylic acids is 1. The minimum absolute atomic E-state index is 0.0492. The van der Waals surface area contributed by atoms with Gasteiger partial charge in [-0.15, -0.1) is 18.3 Å². The van der Waals surface area contributed by atoms with Crippen LogP contribution < -0.4 is 4.74 Å². The van der Waals surface area contributed by atoms with E-state index in [2.05, 4.69) is 120 Å². The van der Waals surface area contributed by atoms with Gasteiger partial charge >= 0.3 is 11.9 Å². The van der Waals surface area contributed by atoms with E-state index in [-0.39, 0.29) is 29.8 Å². The third-order valence-electron chi connectivity index (χ3n) is 12.3. The van der Waals surface area contributed by atoms with E-state index >= 15 is 0 Å². The summed E-state index contributed by atoms with van der Waals surface area (Å²) in [6.07, 6.45) is 30.6. The number of carbonyl (C=O) groups is 4. The molecular formula is C69H118O8S. The molecule has 2 aliphatic rings. The molecule has 2 N–H and O–H groups in total. The smallest absolute Gasteiger partial charge is 0.307 e. The van der Waals surface area contributed by atoms with Crippen molar-refractivity contribution in [3.8, 4) is 11.5 Å². The number of thioether (sulfide) groups is 1. The summed E-state index contributed by atoms with van der Waals surface area (Å²) in [5, 5.41) is 23.3. The van der Waals surface area contributed by atoms with Crippen LogP contribution in [0.1, 0.15) is 264 Å². The fourth-order valence-corrected chi connectivity index (χ4v) is 8.70. The first-order chi connectivity index (χ1) is 37.1. The molecule has 448 valence electrons. The van der Waals surface area contributed by atoms with Crippen molar-refractivity contribution in [2.75, 3.05) is 7.11 Å². The van der Waals surface area contributed by atoms with Crippen molar-refractivity contribution in [2.24, 2.45) is 35.5 Å². The number of unbranched alkanes of at least 4 members (excludes halogenated alkanes) is 5. The number of benzene rings is 2. The van der Waals surface area contributed by atoms with Gasteiger partial charge in [-0.3, -0.25) is 19.2 Å². The number of aliphatic carboxylic acids is 1. The molecule has 2 aromatic rings. The lowest BCUT2D eigenvalue weighted by atomic mass is 9.97. The fraction of sp³-hybridized carbons (Fsp3) is 0.681. The van der Waals surface area contributed by atoms with Gasteiger partial charge in [0, 0.05) is 37.0 Å². The first-order valence-electron chi connectivity index (χ1n) is 30.7. The van der Waals surface area contributed by atoms with Gasteiger partial charge in [0.15, 0.2) is 0 Å². The minimum atomic E-state index is -0.661. The highest BCUT2D eigenvalue weighted by molar-refractivity contribution is 8.06. The van der Waals surface area contributed by atoms with E-state index < -0.39 is 5.97 Å². The second-order valence-corrected chi connectivity index (χ2v) is 23.5. The number of hydrogen-bond donors (Lipinski definition) is 2. The van der Waals surface area contributed by atoms with Gasteiger partial charge in [0.05, 0.1) is 13.0 Å². The number of rotatable bonds is 29. The number of carboxylic acid groups (broad SMARTS) is 1. The van der Waals surface area contributed by atoms with E-state index in [1.54, 1.807) is 18.9 Å². The lowest BCUT2D eigenvalue weighted by Crippen LogP contribution is -2.13. The molecule has 9 heteroatoms. The third kappa shape index (κ3) is 43.7. The van der Waals surface area contributed by atoms with Gasteiger partial charge in [0.1, 0.15) is 29.2 Å². The Morgan fingerprint density at radius 2 is 1.33 bits per heavy atom. The average molecular weight is 1110 g/mol. The molecule has 4 rings (SSSR count). The second kappa shape index (κ2) is 51.1. The minimum Gasteiger partial charge on any atom is -0.507 e. The van der Waals surface area contributed by atoms with Gasteiger partial charge in [0.25, 0.3) is 0 Å². The number of Topliss-reactive ketones (excluding diaryl/α,β-unsaturated/α-hetero) is 2. The van der Waals surface area contributed by atoms with Crippen LogP contribution in [0, 0.1) is 35.5 Å². The molecule has 0 heterocycles. The van der Waals surface area contributed by atoms with Crippen LogP contribution in [-0.2, 0) is 23.9 Å². The SMILES string of the molecule is C=C(S/C=C(\CCC)c1cc(O)c2ccc(OC)cc2c1)C(C)CCC.C=CCCC(=O)C(C)CCCC.CC(C)C.CC(C)C.CCC.CCC(=O)OC1CCCC1.CCCC(=O)CCCCCC/C=C\C1CC1C(=O)O. The number of aromatic hydroxyl groups is 1. The van der Waals surface area contributed by atoms with Gasteiger partial charge in [-0.25, -0.2) is 0 Å². The summed E-state index contributed by atoms with van der Waals surface area (Å²) in [6.45, 7) is 39.8. The Morgan fingerprint density at radius 3 is 1.85 bits per heavy atom. The van der Waals surface area contributed by atoms with Crippen LogP contribution >= 0.6 is 11.8 Å². The molecule has 78 heavy (non-hydrogen) atoms. The highest BCUT2D eigenvalue weighted by Gasteiger charge is 2.40. The van der Waals surface area contributed by atoms with E-state index in [1.165, 1.54) is 55.4 Å². The van der Waals surface area contributed by atoms with Crippen molar-refractivity contribution < 1.29 is 38.9 Å². The standard InChI is InChI=1S/C23H30O2S.C16H26O3.C11H20O.C8H14O2.2C4H10.C3H8/c1-6-8-16(3)17(4)26-15-18(9-7-2)19-12-20-13-21(25-5)10-11-22(20)23(24)14-19;1-2-9-14(17)11-8-6-4-3-5-7-10-13-12-15(13)16(18)19;1-4-6-8-10(3)11(12)9-7-5-2;1-2-8(9)10-7-5-3-4-6-7;2*1-4(2)3;1-3-2/h10-16,24H,4,6-9H2,1-3,5H3;7,10,13,15H,2-6,8-9,11-12H2,1H3,(H,18,19);5,10H,2,4,6-9H2,1,3H3;7H,2-6H2,1H3;2*4H,1-3H3;3H2,1-2H3/b18-15+;10-7-;;;;;. The molecule has 0 amide bonds. The third-order valence-corrected chi connectivity index (χ3v) is 13.4. The molecule has 0 aromatic heterocycles. The van der Waals surface area contributed by atoms with Crippen molar-refractivity contribution in [2.45, 2.75) is 264 Å². The van der Waals surface area contributed by atoms with Crippen molar-refractivity contribution in [3.05, 3.63) is 77.6 Å². The van der Waals surface area contributed by atoms with Crippen molar-refractivity contribution in [1.82, 2.24) is 0 Å². The quantitative estimate of drug-likeness (QED) is 0.0465. The lowest BCUT2D eigenvalue weighted by Gasteiger charge is -2.14. The maximum Gasteiger partial charge on any atom is 0.307 e. The van der Waals surface area contributed by atoms with Gasteiger partial charge < -0.3 is 19.7 Å². The monoisotopic (exact) mass is 1110 g/mol. The Labute approximate surface area is 483 Å². The van der Waals surface area contributed by atoms with Crippen molar-refractivity contribution >= 4 is 51.6 Å². The largest absolute Gasteiger partial charge is 0.507 e. The van der Waals surface area contributed by atoms with Gasteiger partial charge in [0.2, 0.25) is 0 Å². The normalized spacial score (nSPS) is 15.2. The molecule has 8 nitrogen and oxygen atoms in total. The van der Waals surface area contributed by atoms with E-state index in [0.29, 0.717) is 36.1 Å². The van der Waals surface area contributed by atoms with E-state index in [4.69, 9.17) is 14.6 Å². The number of phenolic OH excluding ortho intramolecular Hbond substituents is 1. The summed E-state index contributed by atoms with van der Waals surface area (Å²) in [7, 11) is 1.66. The molecule has 0 saturated heterocycles. The fourth-order valence-electron chi connectivity index (χ4n) is 7.80. The Balaban J connectivity index is -0.000000947. The van der Waals surface area contributed by atoms with Crippen LogP contribution in [-0.4, -0.2) is 46.9 Å². The average Bonchev–Trinajstić information content (AvgIpc) is 4.00. The predicted molar refractivity (Wildman–Crippen MR) is 341 cm³/mol. The number of fused-ring (bicyclic) bond motifs is 1. The van der Waals surface area contributed by atoms with Crippen molar-refractivity contribution in [1.29, 1.82) is 0 Å². The Bertz CT molecular complexity index is 1930. The zero-order valence-corrected chi connectivity index (χ0v) is 53.7. The zero-order chi connectivity index (χ0) is 59.8. The second-order valence-electron chi connectivity index (χ2n) is 22.5. The zero-order valence-electron chi connectivity index (χ0n) is 52.9. The molecule has 0 radical (unpaired) electrons. The van der Waals surface area contributed by atoms with Crippen LogP contribution in [0.4, 0.5) is 0 Å². The van der Waals surface area contributed by atoms with E-state index in [9.17, 15) is 24.3 Å². The number of esters is 1. The Morgan fingerprint density at radius 1 is 0.731 bits per heavy atom. The summed E-state index contributed by atoms with van der Waals surface area (Å²) in [5.41, 5.74) is 2.30.